The topological polar surface area (TPSA) is 62.2 Å². The molecule has 0 bridgehead atoms. The summed E-state index contributed by atoms with van der Waals surface area (Å²) < 4.78 is 1.94. The van der Waals surface area contributed by atoms with Crippen molar-refractivity contribution in [2.24, 2.45) is 0 Å². The molecule has 0 spiro atoms. The van der Waals surface area contributed by atoms with Crippen LogP contribution in [0, 0.1) is 0 Å². The number of carbonyl (C=O) groups excluding carboxylic acids is 1. The van der Waals surface area contributed by atoms with E-state index in [1.807, 2.05) is 16.9 Å². The minimum atomic E-state index is -0.0529. The third-order valence-electron chi connectivity index (χ3n) is 5.66. The van der Waals surface area contributed by atoms with Gasteiger partial charge in [-0.05, 0) is 58.3 Å². The fourth-order valence-corrected chi connectivity index (χ4v) is 4.05. The van der Waals surface area contributed by atoms with Crippen LogP contribution in [0.5, 0.6) is 0 Å². The Kier molecular flexibility index (Phi) is 11.3. The van der Waals surface area contributed by atoms with Gasteiger partial charge < -0.3 is 15.5 Å². The highest BCUT2D eigenvalue weighted by atomic mass is 35.5. The number of hydrogen-bond acceptors (Lipinski definition) is 4. The average Bonchev–Trinajstić information content (AvgIpc) is 3.16. The molecule has 1 saturated heterocycles. The van der Waals surface area contributed by atoms with Crippen molar-refractivity contribution in [3.8, 4) is 0 Å². The number of rotatable bonds is 7. The molecule has 6 nitrogen and oxygen atoms in total. The van der Waals surface area contributed by atoms with Crippen LogP contribution >= 0.6 is 24.8 Å². The number of aromatic nitrogens is 2. The van der Waals surface area contributed by atoms with Crippen LogP contribution in [0.3, 0.4) is 0 Å². The lowest BCUT2D eigenvalue weighted by molar-refractivity contribution is 0.0944. The van der Waals surface area contributed by atoms with E-state index in [0.717, 1.165) is 38.5 Å². The Morgan fingerprint density at radius 2 is 2.04 bits per heavy atom. The van der Waals surface area contributed by atoms with Gasteiger partial charge >= 0.3 is 0 Å². The highest BCUT2D eigenvalue weighted by Crippen LogP contribution is 2.21. The number of carbonyl (C=O) groups is 1. The molecule has 0 radical (unpaired) electrons. The van der Waals surface area contributed by atoms with Gasteiger partial charge in [0.05, 0.1) is 6.04 Å². The van der Waals surface area contributed by atoms with E-state index >= 15 is 0 Å². The molecule has 1 aliphatic carbocycles. The highest BCUT2D eigenvalue weighted by molar-refractivity contribution is 5.92. The van der Waals surface area contributed by atoms with E-state index in [-0.39, 0.29) is 30.7 Å². The number of piperidine rings is 1. The van der Waals surface area contributed by atoms with Gasteiger partial charge in [-0.2, -0.15) is 5.10 Å². The van der Waals surface area contributed by atoms with Crippen molar-refractivity contribution in [3.05, 3.63) is 18.0 Å². The first-order valence-corrected chi connectivity index (χ1v) is 9.98. The molecule has 2 heterocycles. The van der Waals surface area contributed by atoms with Crippen LogP contribution in [0.25, 0.3) is 0 Å². The van der Waals surface area contributed by atoms with Crippen molar-refractivity contribution in [1.82, 2.24) is 25.3 Å². The van der Waals surface area contributed by atoms with Gasteiger partial charge in [-0.1, -0.05) is 19.3 Å². The zero-order chi connectivity index (χ0) is 17.5. The summed E-state index contributed by atoms with van der Waals surface area (Å²) >= 11 is 0. The molecule has 1 aromatic heterocycles. The van der Waals surface area contributed by atoms with E-state index in [1.54, 1.807) is 0 Å². The normalized spacial score (nSPS) is 20.6. The lowest BCUT2D eigenvalue weighted by atomic mass is 9.94. The molecule has 2 aliphatic rings. The molecule has 156 valence electrons. The Hall–Kier alpha value is -0.820. The molecule has 1 aliphatic heterocycles. The second kappa shape index (κ2) is 12.6. The fourth-order valence-electron chi connectivity index (χ4n) is 4.05. The van der Waals surface area contributed by atoms with Gasteiger partial charge in [0.25, 0.3) is 5.91 Å². The van der Waals surface area contributed by atoms with Gasteiger partial charge in [-0.25, -0.2) is 0 Å². The van der Waals surface area contributed by atoms with Crippen molar-refractivity contribution in [2.75, 3.05) is 33.2 Å². The molecule has 0 aromatic carbocycles. The molecule has 1 saturated carbocycles. The third-order valence-corrected chi connectivity index (χ3v) is 5.66. The molecule has 1 unspecified atom stereocenters. The minimum Gasteiger partial charge on any atom is -0.351 e. The van der Waals surface area contributed by atoms with Crippen LogP contribution in [0.4, 0.5) is 0 Å². The summed E-state index contributed by atoms with van der Waals surface area (Å²) in [6.07, 6.45) is 12.0. The first kappa shape index (κ1) is 24.2. The Bertz CT molecular complexity index is 542. The summed E-state index contributed by atoms with van der Waals surface area (Å²) in [6, 6.07) is 2.95. The molecule has 8 heteroatoms. The summed E-state index contributed by atoms with van der Waals surface area (Å²) in [5, 5.41) is 10.9. The van der Waals surface area contributed by atoms with Gasteiger partial charge in [0, 0.05) is 25.3 Å². The molecule has 2 fully saturated rings. The molecule has 1 atom stereocenters. The molecule has 27 heavy (non-hydrogen) atoms. The van der Waals surface area contributed by atoms with Crippen LogP contribution in [0.1, 0.15) is 67.9 Å². The van der Waals surface area contributed by atoms with Crippen molar-refractivity contribution >= 4 is 30.7 Å². The van der Waals surface area contributed by atoms with Gasteiger partial charge in [0.15, 0.2) is 0 Å². The van der Waals surface area contributed by atoms with Crippen molar-refractivity contribution in [3.63, 3.8) is 0 Å². The predicted molar refractivity (Wildman–Crippen MR) is 114 cm³/mol. The van der Waals surface area contributed by atoms with Crippen LogP contribution < -0.4 is 10.6 Å². The molecule has 1 amide bonds. The second-order valence-electron chi connectivity index (χ2n) is 7.56. The van der Waals surface area contributed by atoms with E-state index < -0.39 is 0 Å². The quantitative estimate of drug-likeness (QED) is 0.666. The van der Waals surface area contributed by atoms with Crippen LogP contribution in [-0.4, -0.2) is 59.9 Å². The Morgan fingerprint density at radius 1 is 1.26 bits per heavy atom. The van der Waals surface area contributed by atoms with Crippen molar-refractivity contribution < 1.29 is 4.79 Å². The highest BCUT2D eigenvalue weighted by Gasteiger charge is 2.19. The van der Waals surface area contributed by atoms with Crippen LogP contribution in [0.2, 0.25) is 0 Å². The van der Waals surface area contributed by atoms with Crippen molar-refractivity contribution in [1.29, 1.82) is 0 Å². The van der Waals surface area contributed by atoms with Crippen LogP contribution in [-0.2, 0) is 0 Å². The standard InChI is InChI=1S/C19H33N5O.2ClH/c1-23(16-7-3-2-4-8-16)13-6-12-21-19(25)18-10-14-24(22-18)17-9-5-11-20-15-17;;/h10,14,16-17,20H,2-9,11-13,15H2,1H3,(H,21,25);2*1H. The summed E-state index contributed by atoms with van der Waals surface area (Å²) in [7, 11) is 2.22. The van der Waals surface area contributed by atoms with Gasteiger partial charge in [0.2, 0.25) is 0 Å². The van der Waals surface area contributed by atoms with Crippen LogP contribution in [0.15, 0.2) is 12.3 Å². The smallest absolute Gasteiger partial charge is 0.271 e. The zero-order valence-corrected chi connectivity index (χ0v) is 18.0. The number of hydrogen-bond donors (Lipinski definition) is 2. The van der Waals surface area contributed by atoms with Gasteiger partial charge in [-0.3, -0.25) is 9.48 Å². The zero-order valence-electron chi connectivity index (χ0n) is 16.4. The Balaban J connectivity index is 0.00000182. The van der Waals surface area contributed by atoms with E-state index in [9.17, 15) is 4.79 Å². The molecular formula is C19H35Cl2N5O. The summed E-state index contributed by atoms with van der Waals surface area (Å²) in [5.41, 5.74) is 0.534. The first-order valence-electron chi connectivity index (χ1n) is 9.98. The summed E-state index contributed by atoms with van der Waals surface area (Å²) in [6.45, 7) is 3.79. The van der Waals surface area contributed by atoms with Crippen molar-refractivity contribution in [2.45, 2.75) is 63.5 Å². The molecule has 1 aromatic rings. The van der Waals surface area contributed by atoms with Gasteiger partial charge in [-0.15, -0.1) is 24.8 Å². The molecule has 2 N–H and O–H groups in total. The fraction of sp³-hybridized carbons (Fsp3) is 0.789. The summed E-state index contributed by atoms with van der Waals surface area (Å²) in [4.78, 5) is 14.7. The van der Waals surface area contributed by atoms with E-state index in [4.69, 9.17) is 0 Å². The van der Waals surface area contributed by atoms with E-state index in [1.165, 1.54) is 38.5 Å². The molecular weight excluding hydrogens is 385 g/mol. The maximum Gasteiger partial charge on any atom is 0.271 e. The SMILES string of the molecule is CN(CCCNC(=O)c1ccn(C2CCCNC2)n1)C1CCCCC1.Cl.Cl. The van der Waals surface area contributed by atoms with Gasteiger partial charge in [0.1, 0.15) is 5.69 Å². The average molecular weight is 420 g/mol. The van der Waals surface area contributed by atoms with E-state index in [0.29, 0.717) is 18.3 Å². The number of nitrogens with one attached hydrogen (secondary N) is 2. The Morgan fingerprint density at radius 3 is 2.74 bits per heavy atom. The number of amides is 1. The monoisotopic (exact) mass is 419 g/mol. The lowest BCUT2D eigenvalue weighted by Gasteiger charge is -2.31. The van der Waals surface area contributed by atoms with E-state index in [2.05, 4.69) is 27.7 Å². The number of halogens is 2. The largest absolute Gasteiger partial charge is 0.351 e. The minimum absolute atomic E-state index is 0. The molecule has 3 rings (SSSR count). The third kappa shape index (κ3) is 7.26. The first-order chi connectivity index (χ1) is 12.2. The summed E-state index contributed by atoms with van der Waals surface area (Å²) in [5.74, 6) is -0.0529. The number of nitrogens with zero attached hydrogens (tertiary/aromatic N) is 3. The lowest BCUT2D eigenvalue weighted by Crippen LogP contribution is -2.36. The predicted octanol–water partition coefficient (Wildman–Crippen LogP) is 3.04. The second-order valence-corrected chi connectivity index (χ2v) is 7.56. The maximum absolute atomic E-state index is 12.3. The Labute approximate surface area is 175 Å². The maximum atomic E-state index is 12.3.